The summed E-state index contributed by atoms with van der Waals surface area (Å²) in [6.07, 6.45) is 5.78. The molecule has 6 nitrogen and oxygen atoms in total. The van der Waals surface area contributed by atoms with Crippen molar-refractivity contribution in [1.82, 2.24) is 9.97 Å². The monoisotopic (exact) mass is 458 g/mol. The Morgan fingerprint density at radius 1 is 1.12 bits per heavy atom. The summed E-state index contributed by atoms with van der Waals surface area (Å²) in [4.78, 5) is 20.9. The Morgan fingerprint density at radius 2 is 1.85 bits per heavy atom. The van der Waals surface area contributed by atoms with Crippen LogP contribution in [0.1, 0.15) is 49.6 Å². The van der Waals surface area contributed by atoms with Gasteiger partial charge in [0.2, 0.25) is 0 Å². The molecule has 0 unspecified atom stereocenters. The first-order chi connectivity index (χ1) is 15.7. The Hall–Kier alpha value is -3.46. The van der Waals surface area contributed by atoms with Crippen LogP contribution < -0.4 is 11.1 Å². The number of hydrogen-bond donors (Lipinski definition) is 3. The van der Waals surface area contributed by atoms with Crippen molar-refractivity contribution in [3.05, 3.63) is 71.4 Å². The van der Waals surface area contributed by atoms with Gasteiger partial charge in [-0.2, -0.15) is 0 Å². The van der Waals surface area contributed by atoms with E-state index in [1.54, 1.807) is 6.20 Å². The molecular weight excluding hydrogens is 433 g/mol. The number of hydrogen-bond acceptors (Lipinski definition) is 5. The average Bonchev–Trinajstić information content (AvgIpc) is 2.74. The zero-order valence-electron chi connectivity index (χ0n) is 17.9. The summed E-state index contributed by atoms with van der Waals surface area (Å²) in [6, 6.07) is 5.21. The number of aromatic nitrogens is 2. The van der Waals surface area contributed by atoms with Gasteiger partial charge in [-0.25, -0.2) is 18.2 Å². The van der Waals surface area contributed by atoms with Crippen molar-refractivity contribution >= 4 is 11.6 Å². The molecule has 4 rings (SSSR count). The minimum Gasteiger partial charge on any atom is -0.508 e. The second-order valence-corrected chi connectivity index (χ2v) is 8.50. The Bertz CT molecular complexity index is 1180. The molecule has 0 radical (unpaired) electrons. The molecule has 0 spiro atoms. The second-order valence-electron chi connectivity index (χ2n) is 8.50. The van der Waals surface area contributed by atoms with Gasteiger partial charge >= 0.3 is 0 Å². The molecule has 1 aliphatic carbocycles. The number of nitrogens with two attached hydrogens (primary N) is 1. The third-order valence-electron chi connectivity index (χ3n) is 5.86. The van der Waals surface area contributed by atoms with E-state index in [0.717, 1.165) is 37.0 Å². The van der Waals surface area contributed by atoms with Crippen LogP contribution in [-0.4, -0.2) is 27.0 Å². The third kappa shape index (κ3) is 4.83. The van der Waals surface area contributed by atoms with Crippen LogP contribution in [-0.2, 0) is 0 Å². The van der Waals surface area contributed by atoms with E-state index in [4.69, 9.17) is 5.73 Å². The molecule has 2 aromatic heterocycles. The number of pyridine rings is 2. The first-order valence-corrected chi connectivity index (χ1v) is 10.6. The van der Waals surface area contributed by atoms with Crippen LogP contribution in [0, 0.1) is 23.4 Å². The largest absolute Gasteiger partial charge is 0.508 e. The molecule has 2 heterocycles. The molecule has 9 heteroatoms. The van der Waals surface area contributed by atoms with Gasteiger partial charge in [0.25, 0.3) is 5.91 Å². The van der Waals surface area contributed by atoms with Crippen molar-refractivity contribution in [1.29, 1.82) is 0 Å². The van der Waals surface area contributed by atoms with Crippen LogP contribution >= 0.6 is 0 Å². The lowest BCUT2D eigenvalue weighted by Gasteiger charge is -2.32. The van der Waals surface area contributed by atoms with Crippen LogP contribution in [0.25, 0.3) is 11.3 Å². The first-order valence-electron chi connectivity index (χ1n) is 10.6. The van der Waals surface area contributed by atoms with Crippen molar-refractivity contribution in [2.75, 3.05) is 5.32 Å². The Morgan fingerprint density at radius 3 is 2.55 bits per heavy atom. The molecule has 3 atom stereocenters. The number of phenols is 1. The molecule has 0 bridgehead atoms. The van der Waals surface area contributed by atoms with Gasteiger partial charge in [0.1, 0.15) is 34.6 Å². The number of aromatic hydroxyl groups is 1. The molecule has 0 saturated heterocycles. The van der Waals surface area contributed by atoms with Crippen LogP contribution in [0.4, 0.5) is 18.9 Å². The first kappa shape index (κ1) is 22.7. The lowest BCUT2D eigenvalue weighted by molar-refractivity contribution is 0.102. The van der Waals surface area contributed by atoms with Crippen molar-refractivity contribution in [3.63, 3.8) is 0 Å². The van der Waals surface area contributed by atoms with Gasteiger partial charge in [-0.15, -0.1) is 0 Å². The van der Waals surface area contributed by atoms with Crippen LogP contribution in [0.5, 0.6) is 5.75 Å². The highest BCUT2D eigenvalue weighted by Gasteiger charge is 2.28. The second kappa shape index (κ2) is 9.19. The highest BCUT2D eigenvalue weighted by Crippen LogP contribution is 2.38. The predicted molar refractivity (Wildman–Crippen MR) is 119 cm³/mol. The summed E-state index contributed by atoms with van der Waals surface area (Å²) in [5.74, 6) is -4.17. The fourth-order valence-corrected chi connectivity index (χ4v) is 4.49. The highest BCUT2D eigenvalue weighted by atomic mass is 19.1. The predicted octanol–water partition coefficient (Wildman–Crippen LogP) is 5.00. The van der Waals surface area contributed by atoms with Crippen LogP contribution in [0.15, 0.2) is 42.7 Å². The van der Waals surface area contributed by atoms with E-state index in [9.17, 15) is 23.1 Å². The van der Waals surface area contributed by atoms with E-state index in [-0.39, 0.29) is 19.1 Å². The van der Waals surface area contributed by atoms with Crippen molar-refractivity contribution < 1.29 is 24.5 Å². The van der Waals surface area contributed by atoms with Gasteiger partial charge in [-0.1, -0.05) is 6.92 Å². The van der Waals surface area contributed by atoms with Gasteiger partial charge in [-0.3, -0.25) is 9.78 Å². The van der Waals surface area contributed by atoms with E-state index < -0.39 is 40.4 Å². The third-order valence-corrected chi connectivity index (χ3v) is 5.86. The molecule has 1 aromatic carbocycles. The number of nitrogens with zero attached hydrogens (tertiary/aromatic N) is 2. The normalized spacial score (nSPS) is 20.5. The lowest BCUT2D eigenvalue weighted by atomic mass is 9.76. The maximum Gasteiger partial charge on any atom is 0.274 e. The van der Waals surface area contributed by atoms with E-state index in [2.05, 4.69) is 22.2 Å². The minimum atomic E-state index is -1.20. The van der Waals surface area contributed by atoms with E-state index in [1.807, 2.05) is 6.07 Å². The summed E-state index contributed by atoms with van der Waals surface area (Å²) in [7, 11) is 0. The zero-order valence-corrected chi connectivity index (χ0v) is 17.9. The molecular formula is C24H25F3N4O2. The molecule has 1 amide bonds. The Kier molecular flexibility index (Phi) is 6.33. The van der Waals surface area contributed by atoms with Crippen LogP contribution in [0.3, 0.4) is 0 Å². The van der Waals surface area contributed by atoms with Gasteiger partial charge in [0.15, 0.2) is 0 Å². The van der Waals surface area contributed by atoms with Gasteiger partial charge in [0, 0.05) is 25.8 Å². The van der Waals surface area contributed by atoms with Crippen molar-refractivity contribution in [3.8, 4) is 17.0 Å². The lowest BCUT2D eigenvalue weighted by Crippen LogP contribution is -2.31. The van der Waals surface area contributed by atoms with Crippen molar-refractivity contribution in [2.24, 2.45) is 11.7 Å². The van der Waals surface area contributed by atoms with E-state index >= 15 is 0 Å². The Labute approximate surface area is 190 Å². The fraction of sp³-hybridized carbons (Fsp3) is 0.292. The average molecular weight is 458 g/mol. The van der Waals surface area contributed by atoms with Crippen LogP contribution in [0.2, 0.25) is 0 Å². The maximum atomic E-state index is 14.4. The molecule has 1 fully saturated rings. The van der Waals surface area contributed by atoms with Gasteiger partial charge in [0.05, 0.1) is 17.4 Å². The summed E-state index contributed by atoms with van der Waals surface area (Å²) >= 11 is 0. The summed E-state index contributed by atoms with van der Waals surface area (Å²) < 4.78 is 42.9. The minimum absolute atomic E-state index is 0. The van der Waals surface area contributed by atoms with Gasteiger partial charge in [-0.05, 0) is 54.9 Å². The molecule has 4 N–H and O–H groups in total. The maximum absolute atomic E-state index is 14.4. The number of benzene rings is 1. The number of halogens is 3. The number of carbonyl (C=O) groups excluding carboxylic acids is 1. The Balaban J connectivity index is 0.00000324. The number of rotatable bonds is 4. The zero-order chi connectivity index (χ0) is 23.7. The summed E-state index contributed by atoms with van der Waals surface area (Å²) in [5.41, 5.74) is 5.88. The van der Waals surface area contributed by atoms with Crippen molar-refractivity contribution in [2.45, 2.75) is 38.1 Å². The molecule has 33 heavy (non-hydrogen) atoms. The molecule has 174 valence electrons. The number of carbonyl (C=O) groups is 1. The van der Waals surface area contributed by atoms with E-state index in [0.29, 0.717) is 23.7 Å². The topological polar surface area (TPSA) is 101 Å². The number of phenolic OH excluding ortho intramolecular Hbond substituents is 1. The molecule has 1 aliphatic rings. The number of nitrogens with one attached hydrogen (secondary N) is 1. The van der Waals surface area contributed by atoms with E-state index in [1.165, 1.54) is 6.20 Å². The quantitative estimate of drug-likeness (QED) is 0.511. The summed E-state index contributed by atoms with van der Waals surface area (Å²) in [5, 5.41) is 12.1. The molecule has 1 saturated carbocycles. The highest BCUT2D eigenvalue weighted by molar-refractivity contribution is 6.03. The standard InChI is InChI=1S/C24H23F3N4O2.H2/c1-12-6-13(8-14(28)7-12)16-4-5-29-11-21(16)31-24(33)20-3-2-17(25)23(30-20)22-18(26)9-15(32)10-19(22)27;/h2-5,9-14,32H,6-8,28H2,1H3,(H,31,33);1H/t12-,13+,14-;/m0./s1. The SMILES string of the molecule is C[C@@H]1C[C@H](N)C[C@H](c2ccncc2NC(=O)c2ccc(F)c(-c3c(F)cc(O)cc3F)n2)C1.[HH]. The molecule has 3 aromatic rings. The molecule has 0 aliphatic heterocycles. The summed E-state index contributed by atoms with van der Waals surface area (Å²) in [6.45, 7) is 2.14. The smallest absolute Gasteiger partial charge is 0.274 e. The fourth-order valence-electron chi connectivity index (χ4n) is 4.49. The number of anilines is 1. The number of amides is 1. The van der Waals surface area contributed by atoms with Gasteiger partial charge < -0.3 is 16.2 Å².